The molecule has 0 amide bonds. The average molecular weight is 259 g/mol. The summed E-state index contributed by atoms with van der Waals surface area (Å²) < 4.78 is 0. The summed E-state index contributed by atoms with van der Waals surface area (Å²) in [5, 5.41) is 0. The lowest BCUT2D eigenvalue weighted by Gasteiger charge is -2.30. The molecule has 1 aromatic carbocycles. The molecule has 3 rings (SSSR count). The van der Waals surface area contributed by atoms with Gasteiger partial charge >= 0.3 is 0 Å². The molecule has 1 saturated carbocycles. The Labute approximate surface area is 116 Å². The number of nitrogens with two attached hydrogens (primary N) is 1. The maximum Gasteiger partial charge on any atom is 0.0473 e. The lowest BCUT2D eigenvalue weighted by atomic mass is 10.0. The van der Waals surface area contributed by atoms with Gasteiger partial charge in [0.1, 0.15) is 0 Å². The van der Waals surface area contributed by atoms with E-state index in [9.17, 15) is 0 Å². The third-order valence-corrected chi connectivity index (χ3v) is 4.62. The van der Waals surface area contributed by atoms with Crippen molar-refractivity contribution in [2.24, 2.45) is 5.73 Å². The molecule has 2 aliphatic rings. The maximum atomic E-state index is 6.07. The SMILES string of the molecule is CCN(C1CC1)C(CN)c1ccc2c(c1)CCN2C. The van der Waals surface area contributed by atoms with E-state index < -0.39 is 0 Å². The van der Waals surface area contributed by atoms with Crippen LogP contribution in [0.4, 0.5) is 5.69 Å². The Balaban J connectivity index is 1.87. The molecule has 1 aliphatic heterocycles. The molecule has 0 bridgehead atoms. The van der Waals surface area contributed by atoms with Gasteiger partial charge in [-0.3, -0.25) is 4.90 Å². The first-order chi connectivity index (χ1) is 9.24. The first-order valence-corrected chi connectivity index (χ1v) is 7.54. The molecule has 0 saturated heterocycles. The lowest BCUT2D eigenvalue weighted by molar-refractivity contribution is 0.202. The van der Waals surface area contributed by atoms with Gasteiger partial charge in [0, 0.05) is 37.9 Å². The lowest BCUT2D eigenvalue weighted by Crippen LogP contribution is -2.35. The van der Waals surface area contributed by atoms with E-state index in [0.29, 0.717) is 6.04 Å². The van der Waals surface area contributed by atoms with Gasteiger partial charge in [-0.2, -0.15) is 0 Å². The van der Waals surface area contributed by atoms with Crippen molar-refractivity contribution in [2.45, 2.75) is 38.3 Å². The number of fused-ring (bicyclic) bond motifs is 1. The van der Waals surface area contributed by atoms with Gasteiger partial charge in [-0.05, 0) is 43.0 Å². The van der Waals surface area contributed by atoms with Gasteiger partial charge in [-0.25, -0.2) is 0 Å². The molecule has 104 valence electrons. The standard InChI is InChI=1S/C16H25N3/c1-3-19(14-5-6-14)16(11-17)12-4-7-15-13(10-12)8-9-18(15)2/h4,7,10,14,16H,3,5-6,8-9,11,17H2,1-2H3. The maximum absolute atomic E-state index is 6.07. The molecule has 1 aliphatic carbocycles. The quantitative estimate of drug-likeness (QED) is 0.879. The van der Waals surface area contributed by atoms with Gasteiger partial charge in [-0.15, -0.1) is 0 Å². The van der Waals surface area contributed by atoms with Crippen LogP contribution in [-0.2, 0) is 6.42 Å². The number of anilines is 1. The second-order valence-corrected chi connectivity index (χ2v) is 5.87. The van der Waals surface area contributed by atoms with E-state index in [1.807, 2.05) is 0 Å². The molecule has 2 N–H and O–H groups in total. The summed E-state index contributed by atoms with van der Waals surface area (Å²) in [5.74, 6) is 0. The summed E-state index contributed by atoms with van der Waals surface area (Å²) in [7, 11) is 2.18. The molecule has 0 aromatic heterocycles. The number of likely N-dealkylation sites (N-methyl/N-ethyl adjacent to an activating group) is 2. The molecule has 1 fully saturated rings. The van der Waals surface area contributed by atoms with Crippen molar-refractivity contribution in [2.75, 3.05) is 31.6 Å². The first kappa shape index (κ1) is 12.9. The minimum atomic E-state index is 0.397. The van der Waals surface area contributed by atoms with Crippen LogP contribution >= 0.6 is 0 Å². The van der Waals surface area contributed by atoms with Gasteiger partial charge in [-0.1, -0.05) is 19.1 Å². The van der Waals surface area contributed by atoms with Crippen LogP contribution in [0.15, 0.2) is 18.2 Å². The van der Waals surface area contributed by atoms with Crippen molar-refractivity contribution in [1.82, 2.24) is 4.90 Å². The Kier molecular flexibility index (Phi) is 3.50. The van der Waals surface area contributed by atoms with Gasteiger partial charge in [0.15, 0.2) is 0 Å². The van der Waals surface area contributed by atoms with Crippen LogP contribution in [0.3, 0.4) is 0 Å². The van der Waals surface area contributed by atoms with E-state index in [0.717, 1.165) is 25.7 Å². The molecule has 1 aromatic rings. The Morgan fingerprint density at radius 1 is 1.42 bits per heavy atom. The number of hydrogen-bond acceptors (Lipinski definition) is 3. The van der Waals surface area contributed by atoms with Crippen molar-refractivity contribution in [1.29, 1.82) is 0 Å². The zero-order valence-corrected chi connectivity index (χ0v) is 12.1. The van der Waals surface area contributed by atoms with Crippen LogP contribution < -0.4 is 10.6 Å². The van der Waals surface area contributed by atoms with Crippen molar-refractivity contribution >= 4 is 5.69 Å². The third-order valence-electron chi connectivity index (χ3n) is 4.62. The second-order valence-electron chi connectivity index (χ2n) is 5.87. The van der Waals surface area contributed by atoms with Gasteiger partial charge < -0.3 is 10.6 Å². The van der Waals surface area contributed by atoms with Crippen molar-refractivity contribution in [3.05, 3.63) is 29.3 Å². The number of rotatable bonds is 5. The highest BCUT2D eigenvalue weighted by Crippen LogP contribution is 2.36. The largest absolute Gasteiger partial charge is 0.374 e. The predicted molar refractivity (Wildman–Crippen MR) is 80.6 cm³/mol. The number of benzene rings is 1. The third kappa shape index (κ3) is 2.37. The fourth-order valence-electron chi connectivity index (χ4n) is 3.40. The topological polar surface area (TPSA) is 32.5 Å². The van der Waals surface area contributed by atoms with Crippen molar-refractivity contribution in [3.63, 3.8) is 0 Å². The zero-order chi connectivity index (χ0) is 13.4. The molecule has 1 heterocycles. The van der Waals surface area contributed by atoms with E-state index in [2.05, 4.69) is 42.0 Å². The highest BCUT2D eigenvalue weighted by atomic mass is 15.2. The number of nitrogens with zero attached hydrogens (tertiary/aromatic N) is 2. The molecule has 1 unspecified atom stereocenters. The van der Waals surface area contributed by atoms with Crippen LogP contribution in [0.25, 0.3) is 0 Å². The molecule has 3 nitrogen and oxygen atoms in total. The fourth-order valence-corrected chi connectivity index (χ4v) is 3.40. The highest BCUT2D eigenvalue weighted by molar-refractivity contribution is 5.58. The normalized spacial score (nSPS) is 19.9. The predicted octanol–water partition coefficient (Wildman–Crippen LogP) is 2.16. The monoisotopic (exact) mass is 259 g/mol. The Morgan fingerprint density at radius 3 is 2.84 bits per heavy atom. The molecular formula is C16H25N3. The van der Waals surface area contributed by atoms with Crippen LogP contribution in [0.2, 0.25) is 0 Å². The summed E-state index contributed by atoms with van der Waals surface area (Å²) in [6.07, 6.45) is 3.86. The van der Waals surface area contributed by atoms with Crippen molar-refractivity contribution < 1.29 is 0 Å². The van der Waals surface area contributed by atoms with E-state index in [4.69, 9.17) is 5.73 Å². The molecular weight excluding hydrogens is 234 g/mol. The second kappa shape index (κ2) is 5.14. The summed E-state index contributed by atoms with van der Waals surface area (Å²) >= 11 is 0. The van der Waals surface area contributed by atoms with Gasteiger partial charge in [0.2, 0.25) is 0 Å². The molecule has 0 spiro atoms. The van der Waals surface area contributed by atoms with Crippen LogP contribution in [0, 0.1) is 0 Å². The molecule has 19 heavy (non-hydrogen) atoms. The van der Waals surface area contributed by atoms with E-state index in [1.165, 1.54) is 36.1 Å². The minimum absolute atomic E-state index is 0.397. The van der Waals surface area contributed by atoms with E-state index in [1.54, 1.807) is 0 Å². The summed E-state index contributed by atoms with van der Waals surface area (Å²) in [5.41, 5.74) is 10.4. The Morgan fingerprint density at radius 2 is 2.21 bits per heavy atom. The molecule has 3 heteroatoms. The minimum Gasteiger partial charge on any atom is -0.374 e. The fraction of sp³-hybridized carbons (Fsp3) is 0.625. The van der Waals surface area contributed by atoms with Crippen LogP contribution in [0.1, 0.15) is 36.9 Å². The summed E-state index contributed by atoms with van der Waals surface area (Å²) in [6, 6.07) is 8.12. The average Bonchev–Trinajstić information content (AvgIpc) is 3.20. The Bertz CT molecular complexity index is 453. The molecule has 1 atom stereocenters. The summed E-state index contributed by atoms with van der Waals surface area (Å²) in [6.45, 7) is 5.22. The van der Waals surface area contributed by atoms with Gasteiger partial charge in [0.05, 0.1) is 0 Å². The van der Waals surface area contributed by atoms with Crippen LogP contribution in [-0.4, -0.2) is 37.6 Å². The molecule has 0 radical (unpaired) electrons. The van der Waals surface area contributed by atoms with E-state index in [-0.39, 0.29) is 0 Å². The van der Waals surface area contributed by atoms with Crippen LogP contribution in [0.5, 0.6) is 0 Å². The number of hydrogen-bond donors (Lipinski definition) is 1. The first-order valence-electron chi connectivity index (χ1n) is 7.54. The summed E-state index contributed by atoms with van der Waals surface area (Å²) in [4.78, 5) is 4.93. The van der Waals surface area contributed by atoms with Gasteiger partial charge in [0.25, 0.3) is 0 Å². The van der Waals surface area contributed by atoms with E-state index >= 15 is 0 Å². The zero-order valence-electron chi connectivity index (χ0n) is 12.1. The highest BCUT2D eigenvalue weighted by Gasteiger charge is 2.33. The Hall–Kier alpha value is -1.06. The smallest absolute Gasteiger partial charge is 0.0473 e. The van der Waals surface area contributed by atoms with Crippen molar-refractivity contribution in [3.8, 4) is 0 Å².